The molecule has 10 aromatic rings. The molecule has 8 aliphatic heterocycles. The van der Waals surface area contributed by atoms with Gasteiger partial charge in [0, 0.05) is 168 Å². The van der Waals surface area contributed by atoms with Gasteiger partial charge in [-0.3, -0.25) is 15.0 Å². The second-order valence-electron chi connectivity index (χ2n) is 33.4. The topological polar surface area (TPSA) is 295 Å². The summed E-state index contributed by atoms with van der Waals surface area (Å²) in [5, 5.41) is 41.5. The van der Waals surface area contributed by atoms with E-state index in [1.165, 1.54) is 68.3 Å². The molecular formula is C98H109B2N7O18S3. The van der Waals surface area contributed by atoms with Crippen LogP contribution in [0.3, 0.4) is 0 Å². The zero-order valence-corrected chi connectivity index (χ0v) is 75.8. The third-order valence-electron chi connectivity index (χ3n) is 22.0. The molecule has 2 amide bonds. The molecule has 0 unspecified atom stereocenters. The van der Waals surface area contributed by atoms with Gasteiger partial charge in [0.1, 0.15) is 56.6 Å². The number of pyridine rings is 3. The first-order chi connectivity index (χ1) is 61.8. The number of hydrogen-bond acceptors (Lipinski definition) is 26. The molecule has 30 heteroatoms. The van der Waals surface area contributed by atoms with E-state index in [0.29, 0.717) is 49.9 Å². The lowest BCUT2D eigenvalue weighted by atomic mass is 9.81. The molecular weight excluding hydrogens is 1680 g/mol. The molecule has 0 saturated carbocycles. The van der Waals surface area contributed by atoms with E-state index in [4.69, 9.17) is 57.2 Å². The Morgan fingerprint density at radius 2 is 0.648 bits per heavy atom. The van der Waals surface area contributed by atoms with Crippen molar-refractivity contribution in [2.45, 2.75) is 141 Å². The van der Waals surface area contributed by atoms with Crippen LogP contribution >= 0.6 is 36.1 Å². The van der Waals surface area contributed by atoms with Crippen LogP contribution < -0.4 is 40.5 Å². The molecule has 0 atom stereocenters. The number of carbonyl (C=O) groups is 2. The number of amides is 2. The smallest absolute Gasteiger partial charge is 0.482 e. The molecule has 6 N–H and O–H groups in total. The molecule has 0 aliphatic carbocycles. The third-order valence-corrected chi connectivity index (χ3v) is 24.1. The Morgan fingerprint density at radius 1 is 0.359 bits per heavy atom. The summed E-state index contributed by atoms with van der Waals surface area (Å²) in [6.45, 7) is 17.7. The summed E-state index contributed by atoms with van der Waals surface area (Å²) in [6, 6.07) is 67.4. The van der Waals surface area contributed by atoms with Gasteiger partial charge in [0.2, 0.25) is 0 Å². The fourth-order valence-electron chi connectivity index (χ4n) is 15.8. The highest BCUT2D eigenvalue weighted by atomic mass is 32.2. The van der Waals surface area contributed by atoms with Gasteiger partial charge in [0.05, 0.1) is 57.5 Å². The van der Waals surface area contributed by atoms with E-state index in [-0.39, 0.29) is 23.4 Å². The van der Waals surface area contributed by atoms with E-state index in [0.717, 1.165) is 165 Å². The van der Waals surface area contributed by atoms with E-state index < -0.39 is 36.6 Å². The van der Waals surface area contributed by atoms with Crippen molar-refractivity contribution in [2.75, 3.05) is 73.7 Å². The van der Waals surface area contributed by atoms with Crippen molar-refractivity contribution in [2.24, 2.45) is 0 Å². The Bertz CT molecular complexity index is 5400. The lowest BCUT2D eigenvalue weighted by Crippen LogP contribution is -2.50. The lowest BCUT2D eigenvalue weighted by molar-refractivity contribution is -0.160. The standard InChI is InChI=1S/C25H29NO5S.C23H26N2O3.C20H21NO3S.C18H18N2O.C7H9BO4S.C5H6BNO2/c1-24(2,3)30-23(27)26-15-13-25(14-16-26)17-21(20-7-5-6-8-22(20)29-25)18-9-11-19(12-10-18)32-31-28-4;1-22(2,3)28-21(26)25-13-10-23(11-14-25)15-19(17-7-6-12-24-16-17)18-8-4-5-9-20(18)27-23;1-22-24-25-16-8-6-15(7-9-16)18-14-20(10-12-21-13-11-20)23-19-5-3-2-4-17(18)19;1-2-6-17-15(5-1)16(14-4-3-9-20-13-14)12-18(21-17)7-10-19-11-8-18;1-11-12-13-7-4-2-6(3-5-7)8(9)10;8-6(9)5-2-1-3-7-4-5/h5-12,17H,13-16H2,1-4H3;4-9,12,15-16H,10-11,13-14H2,1-3H3;2-9,14,21H,10-13H2,1H3;1-6,9,12-13,19H,7-8,10-11H2;2-5,9-10H,1H3;1-4,8-9H. The number of hydrogen-bond donors (Lipinski definition) is 6. The fourth-order valence-corrected chi connectivity index (χ4v) is 16.9. The van der Waals surface area contributed by atoms with Crippen LogP contribution in [-0.4, -0.2) is 179 Å². The van der Waals surface area contributed by atoms with Gasteiger partial charge in [-0.1, -0.05) is 127 Å². The predicted octanol–water partition coefficient (Wildman–Crippen LogP) is 16.5. The highest BCUT2D eigenvalue weighted by Crippen LogP contribution is 2.48. The van der Waals surface area contributed by atoms with Gasteiger partial charge in [-0.15, -0.1) is 0 Å². The lowest BCUT2D eigenvalue weighted by Gasteiger charge is -2.43. The van der Waals surface area contributed by atoms with Crippen LogP contribution in [0.15, 0.2) is 282 Å². The number of likely N-dealkylation sites (tertiary alicyclic amines) is 2. The van der Waals surface area contributed by atoms with Crippen molar-refractivity contribution >= 4 is 95.8 Å². The first-order valence-electron chi connectivity index (χ1n) is 42.6. The molecule has 4 saturated heterocycles. The van der Waals surface area contributed by atoms with Gasteiger partial charge in [-0.05, 0) is 210 Å². The van der Waals surface area contributed by atoms with Crippen molar-refractivity contribution in [1.29, 1.82) is 0 Å². The Labute approximate surface area is 762 Å². The minimum Gasteiger partial charge on any atom is -0.482 e. The summed E-state index contributed by atoms with van der Waals surface area (Å²) in [4.78, 5) is 57.2. The molecule has 128 heavy (non-hydrogen) atoms. The predicted molar refractivity (Wildman–Crippen MR) is 499 cm³/mol. The first kappa shape index (κ1) is 95.0. The van der Waals surface area contributed by atoms with Crippen molar-refractivity contribution < 1.29 is 85.8 Å². The normalized spacial score (nSPS) is 16.8. The van der Waals surface area contributed by atoms with Crippen LogP contribution in [0.25, 0.3) is 22.3 Å². The fraction of sp³-hybridized carbons (Fsp3) is 0.316. The second kappa shape index (κ2) is 44.6. The molecule has 11 heterocycles. The number of para-hydroxylation sites is 4. The summed E-state index contributed by atoms with van der Waals surface area (Å²) in [5.41, 5.74) is 12.4. The van der Waals surface area contributed by atoms with E-state index in [1.807, 2.05) is 145 Å². The van der Waals surface area contributed by atoms with E-state index >= 15 is 0 Å². The number of benzene rings is 7. The van der Waals surface area contributed by atoms with Gasteiger partial charge in [-0.2, -0.15) is 13.0 Å². The first-order valence-corrected chi connectivity index (χ1v) is 44.8. The maximum absolute atomic E-state index is 12.5. The van der Waals surface area contributed by atoms with Crippen LogP contribution in [-0.2, 0) is 37.1 Å². The Hall–Kier alpha value is -10.6. The maximum atomic E-state index is 12.5. The summed E-state index contributed by atoms with van der Waals surface area (Å²) in [7, 11) is 1.57. The second-order valence-corrected chi connectivity index (χ2v) is 35.7. The number of ether oxygens (including phenoxy) is 6. The van der Waals surface area contributed by atoms with Crippen molar-refractivity contribution in [3.05, 3.63) is 312 Å². The zero-order valence-electron chi connectivity index (χ0n) is 73.3. The quantitative estimate of drug-likeness (QED) is 0.0240. The van der Waals surface area contributed by atoms with Gasteiger partial charge in [0.25, 0.3) is 0 Å². The average molecular weight is 1790 g/mol. The van der Waals surface area contributed by atoms with Crippen LogP contribution in [0.2, 0.25) is 0 Å². The minimum atomic E-state index is -1.43. The Balaban J connectivity index is 0.000000136. The molecule has 0 radical (unpaired) electrons. The number of fused-ring (bicyclic) bond motifs is 4. The van der Waals surface area contributed by atoms with E-state index in [1.54, 1.807) is 58.6 Å². The van der Waals surface area contributed by atoms with Crippen LogP contribution in [0, 0.1) is 0 Å². The van der Waals surface area contributed by atoms with Gasteiger partial charge in [0.15, 0.2) is 0 Å². The molecule has 668 valence electrons. The molecule has 7 aromatic carbocycles. The number of nitrogens with one attached hydrogen (secondary N) is 2. The van der Waals surface area contributed by atoms with Crippen LogP contribution in [0.5, 0.6) is 23.0 Å². The van der Waals surface area contributed by atoms with Crippen molar-refractivity contribution in [1.82, 2.24) is 35.4 Å². The Kier molecular flexibility index (Phi) is 33.1. The Morgan fingerprint density at radius 3 is 0.922 bits per heavy atom. The van der Waals surface area contributed by atoms with E-state index in [9.17, 15) is 9.59 Å². The van der Waals surface area contributed by atoms with Crippen LogP contribution in [0.4, 0.5) is 9.59 Å². The zero-order chi connectivity index (χ0) is 90.2. The van der Waals surface area contributed by atoms with Crippen molar-refractivity contribution in [3.8, 4) is 23.0 Å². The highest BCUT2D eigenvalue weighted by Gasteiger charge is 2.44. The number of rotatable bonds is 15. The van der Waals surface area contributed by atoms with Crippen molar-refractivity contribution in [3.63, 3.8) is 0 Å². The molecule has 25 nitrogen and oxygen atoms in total. The molecule has 18 rings (SSSR count). The maximum Gasteiger partial charge on any atom is 0.490 e. The summed E-state index contributed by atoms with van der Waals surface area (Å²) in [5.74, 6) is 3.72. The summed E-state index contributed by atoms with van der Waals surface area (Å²) in [6.07, 6.45) is 25.8. The molecule has 0 bridgehead atoms. The monoisotopic (exact) mass is 1790 g/mol. The van der Waals surface area contributed by atoms with E-state index in [2.05, 4.69) is 154 Å². The minimum absolute atomic E-state index is 0.176. The summed E-state index contributed by atoms with van der Waals surface area (Å²) >= 11 is 3.44. The van der Waals surface area contributed by atoms with Gasteiger partial charge in [-0.25, -0.2) is 24.3 Å². The number of nitrogens with zero attached hydrogens (tertiary/aromatic N) is 5. The van der Waals surface area contributed by atoms with Gasteiger partial charge >= 0.3 is 26.4 Å². The third kappa shape index (κ3) is 25.9. The number of aromatic nitrogens is 3. The average Bonchev–Trinajstić information content (AvgIpc) is 0.777. The highest BCUT2D eigenvalue weighted by molar-refractivity contribution is 7.95. The molecule has 4 fully saturated rings. The number of carbonyl (C=O) groups excluding carboxylic acids is 2. The molecule has 8 aliphatic rings. The largest absolute Gasteiger partial charge is 0.490 e. The SMILES string of the molecule is C1=C(c2cccnc2)c2ccccc2OC12CCNCC2.CC(C)(C)OC(=O)N1CCC2(C=C(c3cccnc3)c3ccccc3O2)CC1.COOSc1ccc(B(O)O)cc1.COOSc1ccc(C2=CC3(CCN(C(=O)OC(C)(C)C)CC3)Oc3ccccc32)cc1.COOSc1ccc(C2=CC3(CCNCC3)Oc3ccccc32)cc1.OB(O)c1cccnc1. The summed E-state index contributed by atoms with van der Waals surface area (Å²) < 4.78 is 51.4. The molecule has 3 aromatic heterocycles. The number of piperidine rings is 4. The van der Waals surface area contributed by atoms with Gasteiger partial charge < -0.3 is 69.0 Å². The van der Waals surface area contributed by atoms with Crippen LogP contribution in [0.1, 0.15) is 137 Å². The molecule has 4 spiro atoms.